The maximum absolute atomic E-state index is 8.93. The van der Waals surface area contributed by atoms with Gasteiger partial charge < -0.3 is 10.4 Å². The Hall–Kier alpha value is -0.900. The van der Waals surface area contributed by atoms with Crippen LogP contribution in [0.15, 0.2) is 30.3 Å². The van der Waals surface area contributed by atoms with Gasteiger partial charge >= 0.3 is 0 Å². The van der Waals surface area contributed by atoms with E-state index in [4.69, 9.17) is 5.11 Å². The molecular formula is C13H20N2O. The van der Waals surface area contributed by atoms with E-state index in [0.717, 1.165) is 32.6 Å². The van der Waals surface area contributed by atoms with Gasteiger partial charge in [-0.3, -0.25) is 4.90 Å². The number of nitrogens with zero attached hydrogens (tertiary/aromatic N) is 1. The lowest BCUT2D eigenvalue weighted by molar-refractivity contribution is 0.157. The Morgan fingerprint density at radius 1 is 1.31 bits per heavy atom. The first kappa shape index (κ1) is 11.6. The number of rotatable bonds is 4. The first-order valence-corrected chi connectivity index (χ1v) is 5.99. The van der Waals surface area contributed by atoms with Crippen molar-refractivity contribution in [3.8, 4) is 0 Å². The highest BCUT2D eigenvalue weighted by molar-refractivity contribution is 5.16. The van der Waals surface area contributed by atoms with Crippen LogP contribution in [0.3, 0.4) is 0 Å². The van der Waals surface area contributed by atoms with Gasteiger partial charge in [-0.2, -0.15) is 0 Å². The molecule has 1 aromatic carbocycles. The molecule has 0 spiro atoms. The van der Waals surface area contributed by atoms with Crippen LogP contribution in [0.2, 0.25) is 0 Å². The average Bonchev–Trinajstić information content (AvgIpc) is 2.31. The average molecular weight is 220 g/mol. The minimum atomic E-state index is 0.262. The summed E-state index contributed by atoms with van der Waals surface area (Å²) in [6, 6.07) is 11.1. The van der Waals surface area contributed by atoms with E-state index in [1.54, 1.807) is 0 Å². The molecule has 1 aliphatic rings. The molecular weight excluding hydrogens is 200 g/mol. The number of hydrogen-bond acceptors (Lipinski definition) is 3. The van der Waals surface area contributed by atoms with Gasteiger partial charge in [0.05, 0.1) is 6.61 Å². The van der Waals surface area contributed by atoms with Crippen molar-refractivity contribution in [2.24, 2.45) is 0 Å². The molecule has 1 heterocycles. The molecule has 16 heavy (non-hydrogen) atoms. The lowest BCUT2D eigenvalue weighted by Crippen LogP contribution is -2.52. The number of β-amino-alcohol motifs (C(OH)–C–C–N with tert-alkyl or cyclic N) is 1. The quantitative estimate of drug-likeness (QED) is 0.775. The number of piperazine rings is 1. The van der Waals surface area contributed by atoms with Crippen LogP contribution in [-0.4, -0.2) is 48.8 Å². The van der Waals surface area contributed by atoms with Crippen molar-refractivity contribution in [1.29, 1.82) is 0 Å². The van der Waals surface area contributed by atoms with E-state index in [0.29, 0.717) is 6.04 Å². The summed E-state index contributed by atoms with van der Waals surface area (Å²) in [5.74, 6) is 0. The third-order valence-corrected chi connectivity index (χ3v) is 3.08. The molecule has 0 bridgehead atoms. The smallest absolute Gasteiger partial charge is 0.0558 e. The lowest BCUT2D eigenvalue weighted by atomic mass is 10.0. The van der Waals surface area contributed by atoms with Crippen LogP contribution in [0.1, 0.15) is 5.56 Å². The molecule has 1 atom stereocenters. The Labute approximate surface area is 97.1 Å². The summed E-state index contributed by atoms with van der Waals surface area (Å²) in [4.78, 5) is 2.32. The molecule has 0 saturated carbocycles. The predicted octanol–water partition coefficient (Wildman–Crippen LogP) is 0.495. The second-order valence-electron chi connectivity index (χ2n) is 4.36. The van der Waals surface area contributed by atoms with Crippen LogP contribution < -0.4 is 5.32 Å². The van der Waals surface area contributed by atoms with Crippen molar-refractivity contribution in [2.45, 2.75) is 12.5 Å². The number of nitrogens with one attached hydrogen (secondary N) is 1. The van der Waals surface area contributed by atoms with Crippen molar-refractivity contribution in [3.63, 3.8) is 0 Å². The van der Waals surface area contributed by atoms with E-state index >= 15 is 0 Å². The molecule has 3 heteroatoms. The Kier molecular flexibility index (Phi) is 4.34. The number of benzene rings is 1. The fourth-order valence-electron chi connectivity index (χ4n) is 2.27. The molecule has 0 aromatic heterocycles. The highest BCUT2D eigenvalue weighted by Crippen LogP contribution is 2.07. The molecule has 3 nitrogen and oxygen atoms in total. The van der Waals surface area contributed by atoms with Crippen LogP contribution in [-0.2, 0) is 6.42 Å². The zero-order valence-corrected chi connectivity index (χ0v) is 9.60. The summed E-state index contributed by atoms with van der Waals surface area (Å²) in [5.41, 5.74) is 1.38. The van der Waals surface area contributed by atoms with E-state index in [9.17, 15) is 0 Å². The third-order valence-electron chi connectivity index (χ3n) is 3.08. The van der Waals surface area contributed by atoms with Crippen molar-refractivity contribution in [1.82, 2.24) is 10.2 Å². The fraction of sp³-hybridized carbons (Fsp3) is 0.538. The summed E-state index contributed by atoms with van der Waals surface area (Å²) < 4.78 is 0. The zero-order chi connectivity index (χ0) is 11.2. The summed E-state index contributed by atoms with van der Waals surface area (Å²) in [5, 5.41) is 12.5. The highest BCUT2D eigenvalue weighted by atomic mass is 16.3. The monoisotopic (exact) mass is 220 g/mol. The highest BCUT2D eigenvalue weighted by Gasteiger charge is 2.18. The molecule has 1 saturated heterocycles. The zero-order valence-electron chi connectivity index (χ0n) is 9.60. The normalized spacial score (nSPS) is 22.2. The first-order valence-electron chi connectivity index (χ1n) is 5.99. The Morgan fingerprint density at radius 2 is 2.12 bits per heavy atom. The van der Waals surface area contributed by atoms with E-state index in [1.807, 2.05) is 0 Å². The largest absolute Gasteiger partial charge is 0.395 e. The number of aliphatic hydroxyl groups excluding tert-OH is 1. The summed E-state index contributed by atoms with van der Waals surface area (Å²) in [7, 11) is 0. The van der Waals surface area contributed by atoms with E-state index < -0.39 is 0 Å². The van der Waals surface area contributed by atoms with Crippen LogP contribution >= 0.6 is 0 Å². The van der Waals surface area contributed by atoms with Crippen molar-refractivity contribution in [3.05, 3.63) is 35.9 Å². The Balaban J connectivity index is 1.85. The molecule has 0 amide bonds. The van der Waals surface area contributed by atoms with E-state index in [1.165, 1.54) is 5.56 Å². The molecule has 0 unspecified atom stereocenters. The van der Waals surface area contributed by atoms with E-state index in [-0.39, 0.29) is 6.61 Å². The molecule has 2 rings (SSSR count). The predicted molar refractivity (Wildman–Crippen MR) is 65.5 cm³/mol. The minimum absolute atomic E-state index is 0.262. The van der Waals surface area contributed by atoms with Gasteiger partial charge in [-0.25, -0.2) is 0 Å². The van der Waals surface area contributed by atoms with E-state index in [2.05, 4.69) is 40.5 Å². The van der Waals surface area contributed by atoms with Crippen molar-refractivity contribution in [2.75, 3.05) is 32.8 Å². The van der Waals surface area contributed by atoms with Gasteiger partial charge in [0.2, 0.25) is 0 Å². The molecule has 1 fully saturated rings. The number of hydrogen-bond donors (Lipinski definition) is 2. The lowest BCUT2D eigenvalue weighted by Gasteiger charge is -2.33. The maximum atomic E-state index is 8.93. The second kappa shape index (κ2) is 5.99. The number of aliphatic hydroxyl groups is 1. The Bertz CT molecular complexity index is 300. The molecule has 0 radical (unpaired) electrons. The van der Waals surface area contributed by atoms with Crippen molar-refractivity contribution < 1.29 is 5.11 Å². The third kappa shape index (κ3) is 3.30. The molecule has 1 aliphatic heterocycles. The molecule has 1 aromatic rings. The van der Waals surface area contributed by atoms with Gasteiger partial charge in [0, 0.05) is 32.2 Å². The van der Waals surface area contributed by atoms with Gasteiger partial charge in [0.15, 0.2) is 0 Å². The van der Waals surface area contributed by atoms with Crippen LogP contribution in [0.4, 0.5) is 0 Å². The topological polar surface area (TPSA) is 35.5 Å². The summed E-state index contributed by atoms with van der Waals surface area (Å²) in [6.45, 7) is 4.17. The van der Waals surface area contributed by atoms with Crippen LogP contribution in [0.25, 0.3) is 0 Å². The molecule has 0 aliphatic carbocycles. The Morgan fingerprint density at radius 3 is 2.88 bits per heavy atom. The van der Waals surface area contributed by atoms with Gasteiger partial charge in [-0.15, -0.1) is 0 Å². The fourth-order valence-corrected chi connectivity index (χ4v) is 2.27. The minimum Gasteiger partial charge on any atom is -0.395 e. The first-order chi connectivity index (χ1) is 7.88. The standard InChI is InChI=1S/C13H20N2O/c16-9-8-15-7-6-14-13(11-15)10-12-4-2-1-3-5-12/h1-5,13-14,16H,6-11H2/t13-/m1/s1. The van der Waals surface area contributed by atoms with Crippen molar-refractivity contribution >= 4 is 0 Å². The molecule has 88 valence electrons. The SMILES string of the molecule is OCCN1CCN[C@H](Cc2ccccc2)C1. The summed E-state index contributed by atoms with van der Waals surface area (Å²) in [6.07, 6.45) is 1.07. The molecule has 2 N–H and O–H groups in total. The van der Waals surface area contributed by atoms with Gasteiger partial charge in [-0.05, 0) is 12.0 Å². The van der Waals surface area contributed by atoms with Gasteiger partial charge in [0.1, 0.15) is 0 Å². The van der Waals surface area contributed by atoms with Gasteiger partial charge in [0.25, 0.3) is 0 Å². The summed E-state index contributed by atoms with van der Waals surface area (Å²) >= 11 is 0. The van der Waals surface area contributed by atoms with Crippen LogP contribution in [0.5, 0.6) is 0 Å². The van der Waals surface area contributed by atoms with Crippen LogP contribution in [0, 0.1) is 0 Å². The maximum Gasteiger partial charge on any atom is 0.0558 e. The van der Waals surface area contributed by atoms with Gasteiger partial charge in [-0.1, -0.05) is 30.3 Å². The second-order valence-corrected chi connectivity index (χ2v) is 4.36.